The normalized spacial score (nSPS) is 9.95. The first-order valence-electron chi connectivity index (χ1n) is 6.74. The van der Waals surface area contributed by atoms with Crippen LogP contribution >= 0.6 is 0 Å². The van der Waals surface area contributed by atoms with Crippen LogP contribution in [0.4, 0.5) is 0 Å². The first-order chi connectivity index (χ1) is 9.40. The molecule has 2 aromatic carbocycles. The fourth-order valence-electron chi connectivity index (χ4n) is 1.74. The van der Waals surface area contributed by atoms with Crippen LogP contribution in [0.1, 0.15) is 25.7 Å². The van der Waals surface area contributed by atoms with Crippen LogP contribution in [0.5, 0.6) is 0 Å². The van der Waals surface area contributed by atoms with Crippen LogP contribution in [0.25, 0.3) is 11.1 Å². The van der Waals surface area contributed by atoms with Crippen LogP contribution < -0.4 is 0 Å². The Labute approximate surface area is 114 Å². The molecule has 0 radical (unpaired) electrons. The molecule has 3 rings (SSSR count). The summed E-state index contributed by atoms with van der Waals surface area (Å²) in [5.41, 5.74) is 1.86. The van der Waals surface area contributed by atoms with E-state index in [-0.39, 0.29) is 0 Å². The summed E-state index contributed by atoms with van der Waals surface area (Å²) >= 11 is 0. The summed E-state index contributed by atoms with van der Waals surface area (Å²) < 4.78 is 5.56. The zero-order valence-corrected chi connectivity index (χ0v) is 11.3. The number of rotatable bonds is 3. The molecule has 2 heteroatoms. The second-order valence-corrected chi connectivity index (χ2v) is 4.33. The van der Waals surface area contributed by atoms with Gasteiger partial charge in [-0.05, 0) is 18.6 Å². The lowest BCUT2D eigenvalue weighted by Crippen LogP contribution is -1.82. The van der Waals surface area contributed by atoms with E-state index in [1.807, 2.05) is 60.7 Å². The highest BCUT2D eigenvalue weighted by atomic mass is 16.3. The minimum Gasteiger partial charge on any atom is -0.441 e. The van der Waals surface area contributed by atoms with Gasteiger partial charge in [0.05, 0.1) is 0 Å². The highest BCUT2D eigenvalue weighted by Gasteiger charge is 2.02. The summed E-state index contributed by atoms with van der Waals surface area (Å²) in [7, 11) is 0. The SMILES string of the molecule is CCCCc1nc2ccccc2o1.c1ccccc1. The van der Waals surface area contributed by atoms with Crippen LogP contribution in [0.3, 0.4) is 0 Å². The molecule has 0 aliphatic rings. The molecule has 0 fully saturated rings. The molecule has 1 aromatic heterocycles. The van der Waals surface area contributed by atoms with Gasteiger partial charge in [-0.15, -0.1) is 0 Å². The maximum absolute atomic E-state index is 5.56. The Hall–Kier alpha value is -2.09. The smallest absolute Gasteiger partial charge is 0.195 e. The Balaban J connectivity index is 0.000000186. The lowest BCUT2D eigenvalue weighted by atomic mass is 10.2. The Morgan fingerprint density at radius 1 is 0.895 bits per heavy atom. The van der Waals surface area contributed by atoms with Crippen molar-refractivity contribution >= 4 is 11.1 Å². The predicted molar refractivity (Wildman–Crippen MR) is 79.1 cm³/mol. The summed E-state index contributed by atoms with van der Waals surface area (Å²) in [6, 6.07) is 19.9. The highest BCUT2D eigenvalue weighted by Crippen LogP contribution is 2.15. The van der Waals surface area contributed by atoms with Crippen LogP contribution in [-0.4, -0.2) is 4.98 Å². The second-order valence-electron chi connectivity index (χ2n) is 4.33. The molecule has 98 valence electrons. The van der Waals surface area contributed by atoms with Crippen molar-refractivity contribution < 1.29 is 4.42 Å². The first-order valence-corrected chi connectivity index (χ1v) is 6.74. The lowest BCUT2D eigenvalue weighted by molar-refractivity contribution is 0.517. The molecule has 2 nitrogen and oxygen atoms in total. The molecule has 0 amide bonds. The molecular weight excluding hydrogens is 234 g/mol. The number of nitrogens with zero attached hydrogens (tertiary/aromatic N) is 1. The minimum atomic E-state index is 0.864. The van der Waals surface area contributed by atoms with E-state index in [0.717, 1.165) is 29.8 Å². The summed E-state index contributed by atoms with van der Waals surface area (Å²) in [5, 5.41) is 0. The number of para-hydroxylation sites is 2. The van der Waals surface area contributed by atoms with Crippen LogP contribution in [0.15, 0.2) is 65.1 Å². The lowest BCUT2D eigenvalue weighted by Gasteiger charge is -1.89. The molecule has 0 unspecified atom stereocenters. The number of unbranched alkanes of at least 4 members (excludes halogenated alkanes) is 1. The number of aryl methyl sites for hydroxylation is 1. The third-order valence-electron chi connectivity index (χ3n) is 2.75. The van der Waals surface area contributed by atoms with E-state index in [1.54, 1.807) is 0 Å². The largest absolute Gasteiger partial charge is 0.441 e. The van der Waals surface area contributed by atoms with Crippen molar-refractivity contribution in [3.8, 4) is 0 Å². The molecule has 0 atom stereocenters. The Morgan fingerprint density at radius 2 is 1.53 bits per heavy atom. The topological polar surface area (TPSA) is 26.0 Å². The monoisotopic (exact) mass is 253 g/mol. The van der Waals surface area contributed by atoms with E-state index < -0.39 is 0 Å². The molecule has 1 heterocycles. The number of hydrogen-bond acceptors (Lipinski definition) is 2. The zero-order valence-electron chi connectivity index (χ0n) is 11.3. The van der Waals surface area contributed by atoms with Gasteiger partial charge in [0.25, 0.3) is 0 Å². The average Bonchev–Trinajstić information content (AvgIpc) is 2.90. The third-order valence-corrected chi connectivity index (χ3v) is 2.75. The van der Waals surface area contributed by atoms with E-state index in [0.29, 0.717) is 0 Å². The molecule has 19 heavy (non-hydrogen) atoms. The molecular formula is C17H19NO. The van der Waals surface area contributed by atoms with Crippen molar-refractivity contribution in [3.05, 3.63) is 66.6 Å². The Kier molecular flexibility index (Phi) is 5.17. The van der Waals surface area contributed by atoms with Gasteiger partial charge in [-0.25, -0.2) is 4.98 Å². The average molecular weight is 253 g/mol. The third kappa shape index (κ3) is 4.25. The molecule has 3 aromatic rings. The quantitative estimate of drug-likeness (QED) is 0.666. The highest BCUT2D eigenvalue weighted by molar-refractivity contribution is 5.72. The minimum absolute atomic E-state index is 0.864. The van der Waals surface area contributed by atoms with Crippen molar-refractivity contribution in [2.45, 2.75) is 26.2 Å². The summed E-state index contributed by atoms with van der Waals surface area (Å²) in [5.74, 6) is 0.864. The maximum Gasteiger partial charge on any atom is 0.195 e. The standard InChI is InChI=1S/C11H13NO.C6H6/c1-2-3-8-11-12-9-6-4-5-7-10(9)13-11;1-2-4-6-5-3-1/h4-7H,2-3,8H2,1H3;1-6H. The maximum atomic E-state index is 5.56. The van der Waals surface area contributed by atoms with E-state index in [9.17, 15) is 0 Å². The van der Waals surface area contributed by atoms with E-state index in [1.165, 1.54) is 6.42 Å². The van der Waals surface area contributed by atoms with Gasteiger partial charge in [-0.1, -0.05) is 61.9 Å². The number of hydrogen-bond donors (Lipinski definition) is 0. The van der Waals surface area contributed by atoms with Crippen molar-refractivity contribution in [2.75, 3.05) is 0 Å². The number of aromatic nitrogens is 1. The molecule has 0 saturated carbocycles. The summed E-state index contributed by atoms with van der Waals surface area (Å²) in [6.45, 7) is 2.17. The van der Waals surface area contributed by atoms with Crippen LogP contribution in [0, 0.1) is 0 Å². The van der Waals surface area contributed by atoms with Crippen molar-refractivity contribution in [3.63, 3.8) is 0 Å². The van der Waals surface area contributed by atoms with Crippen molar-refractivity contribution in [2.24, 2.45) is 0 Å². The number of fused-ring (bicyclic) bond motifs is 1. The summed E-state index contributed by atoms with van der Waals surface area (Å²) in [4.78, 5) is 4.38. The van der Waals surface area contributed by atoms with Crippen LogP contribution in [0.2, 0.25) is 0 Å². The number of benzene rings is 2. The molecule has 0 aliphatic carbocycles. The molecule has 0 N–H and O–H groups in total. The molecule has 0 bridgehead atoms. The molecule has 0 aliphatic heterocycles. The molecule has 0 saturated heterocycles. The Bertz CT molecular complexity index is 527. The zero-order chi connectivity index (χ0) is 13.3. The van der Waals surface area contributed by atoms with Crippen molar-refractivity contribution in [1.82, 2.24) is 4.98 Å². The van der Waals surface area contributed by atoms with Gasteiger partial charge in [-0.3, -0.25) is 0 Å². The van der Waals surface area contributed by atoms with Gasteiger partial charge >= 0.3 is 0 Å². The van der Waals surface area contributed by atoms with Crippen molar-refractivity contribution in [1.29, 1.82) is 0 Å². The van der Waals surface area contributed by atoms with Gasteiger partial charge < -0.3 is 4.42 Å². The Morgan fingerprint density at radius 3 is 2.11 bits per heavy atom. The molecule has 0 spiro atoms. The fraction of sp³-hybridized carbons (Fsp3) is 0.235. The van der Waals surface area contributed by atoms with Gasteiger partial charge in [-0.2, -0.15) is 0 Å². The summed E-state index contributed by atoms with van der Waals surface area (Å²) in [6.07, 6.45) is 3.27. The van der Waals surface area contributed by atoms with E-state index >= 15 is 0 Å². The van der Waals surface area contributed by atoms with Gasteiger partial charge in [0, 0.05) is 6.42 Å². The van der Waals surface area contributed by atoms with E-state index in [4.69, 9.17) is 4.42 Å². The van der Waals surface area contributed by atoms with E-state index in [2.05, 4.69) is 11.9 Å². The fourth-order valence-corrected chi connectivity index (χ4v) is 1.74. The van der Waals surface area contributed by atoms with Crippen LogP contribution in [-0.2, 0) is 6.42 Å². The van der Waals surface area contributed by atoms with Gasteiger partial charge in [0.2, 0.25) is 0 Å². The second kappa shape index (κ2) is 7.37. The first kappa shape index (κ1) is 13.3. The predicted octanol–water partition coefficient (Wildman–Crippen LogP) is 4.86. The number of oxazole rings is 1. The van der Waals surface area contributed by atoms with Gasteiger partial charge in [0.15, 0.2) is 11.5 Å². The van der Waals surface area contributed by atoms with Gasteiger partial charge in [0.1, 0.15) is 5.52 Å².